The van der Waals surface area contributed by atoms with Crippen molar-refractivity contribution in [3.63, 3.8) is 0 Å². The van der Waals surface area contributed by atoms with Gasteiger partial charge in [-0.25, -0.2) is 0 Å². The lowest BCUT2D eigenvalue weighted by Crippen LogP contribution is -2.29. The number of hydrogen-bond donors (Lipinski definition) is 2. The maximum atomic E-state index is 12.6. The normalized spacial score (nSPS) is 23.4. The van der Waals surface area contributed by atoms with E-state index in [0.717, 1.165) is 0 Å². The first-order chi connectivity index (χ1) is 9.26. The third-order valence-corrected chi connectivity index (χ3v) is 4.24. The second kappa shape index (κ2) is 3.62. The average molecular weight is 274 g/mol. The van der Waals surface area contributed by atoms with Gasteiger partial charge in [-0.3, -0.25) is 9.59 Å². The molecule has 5 heteroatoms. The Bertz CT molecular complexity index is 696. The standard InChI is InChI=1S/C15H14O5/c1-6-15(2,3)10-11(17)7-4-5-8(16)12(18)9(7)13(19)14(10)20-6/h4-6,16,18H,1-3H3. The number of ketones is 2. The van der Waals surface area contributed by atoms with E-state index < -0.39 is 22.7 Å². The number of rotatable bonds is 0. The van der Waals surface area contributed by atoms with E-state index in [1.807, 2.05) is 13.8 Å². The van der Waals surface area contributed by atoms with Crippen LogP contribution in [0.4, 0.5) is 0 Å². The second-order valence-electron chi connectivity index (χ2n) is 5.70. The molecule has 0 bridgehead atoms. The zero-order chi connectivity index (χ0) is 14.8. The van der Waals surface area contributed by atoms with Gasteiger partial charge < -0.3 is 14.9 Å². The smallest absolute Gasteiger partial charge is 0.232 e. The van der Waals surface area contributed by atoms with E-state index >= 15 is 0 Å². The fraction of sp³-hybridized carbons (Fsp3) is 0.333. The van der Waals surface area contributed by atoms with E-state index in [-0.39, 0.29) is 28.8 Å². The number of allylic oxidation sites excluding steroid dienone is 1. The van der Waals surface area contributed by atoms with Crippen LogP contribution in [0.2, 0.25) is 0 Å². The molecule has 1 aliphatic carbocycles. The van der Waals surface area contributed by atoms with E-state index in [9.17, 15) is 19.8 Å². The molecule has 0 aromatic heterocycles. The maximum Gasteiger partial charge on any atom is 0.232 e. The van der Waals surface area contributed by atoms with Crippen LogP contribution in [0.1, 0.15) is 41.5 Å². The molecule has 0 saturated carbocycles. The zero-order valence-electron chi connectivity index (χ0n) is 11.4. The first-order valence-electron chi connectivity index (χ1n) is 6.32. The molecule has 5 nitrogen and oxygen atoms in total. The number of benzene rings is 1. The van der Waals surface area contributed by atoms with Crippen LogP contribution in [0, 0.1) is 5.41 Å². The molecule has 20 heavy (non-hydrogen) atoms. The van der Waals surface area contributed by atoms with Gasteiger partial charge in [0.1, 0.15) is 6.10 Å². The Morgan fingerprint density at radius 3 is 2.45 bits per heavy atom. The molecule has 104 valence electrons. The summed E-state index contributed by atoms with van der Waals surface area (Å²) < 4.78 is 5.53. The zero-order valence-corrected chi connectivity index (χ0v) is 11.4. The maximum absolute atomic E-state index is 12.6. The van der Waals surface area contributed by atoms with Gasteiger partial charge in [-0.05, 0) is 19.1 Å². The largest absolute Gasteiger partial charge is 0.504 e. The quantitative estimate of drug-likeness (QED) is 0.708. The summed E-state index contributed by atoms with van der Waals surface area (Å²) in [5.41, 5.74) is -0.311. The van der Waals surface area contributed by atoms with E-state index in [1.165, 1.54) is 12.1 Å². The molecule has 1 atom stereocenters. The highest BCUT2D eigenvalue weighted by Gasteiger charge is 2.50. The highest BCUT2D eigenvalue weighted by Crippen LogP contribution is 2.49. The van der Waals surface area contributed by atoms with Gasteiger partial charge in [0.25, 0.3) is 0 Å². The molecular weight excluding hydrogens is 260 g/mol. The van der Waals surface area contributed by atoms with Crippen molar-refractivity contribution in [1.82, 2.24) is 0 Å². The van der Waals surface area contributed by atoms with Crippen LogP contribution >= 0.6 is 0 Å². The number of fused-ring (bicyclic) bond motifs is 1. The average Bonchev–Trinajstić information content (AvgIpc) is 2.61. The number of Topliss-reactive ketones (excluding diaryl/α,β-unsaturated/α-hetero) is 2. The molecule has 3 rings (SSSR count). The van der Waals surface area contributed by atoms with Crippen molar-refractivity contribution in [2.24, 2.45) is 5.41 Å². The SMILES string of the molecule is CC1OC2=C(C(=O)c3ccc(O)c(O)c3C2=O)C1(C)C. The molecule has 1 aliphatic heterocycles. The van der Waals surface area contributed by atoms with Gasteiger partial charge in [0.05, 0.1) is 11.1 Å². The lowest BCUT2D eigenvalue weighted by Gasteiger charge is -2.25. The number of ether oxygens (including phenoxy) is 1. The lowest BCUT2D eigenvalue weighted by atomic mass is 9.74. The Morgan fingerprint density at radius 1 is 1.15 bits per heavy atom. The van der Waals surface area contributed by atoms with Crippen molar-refractivity contribution in [2.45, 2.75) is 26.9 Å². The fourth-order valence-electron chi connectivity index (χ4n) is 2.69. The predicted molar refractivity (Wildman–Crippen MR) is 69.8 cm³/mol. The minimum Gasteiger partial charge on any atom is -0.504 e. The summed E-state index contributed by atoms with van der Waals surface area (Å²) >= 11 is 0. The molecule has 1 heterocycles. The number of phenols is 2. The Hall–Kier alpha value is -2.30. The molecule has 1 aromatic carbocycles. The summed E-state index contributed by atoms with van der Waals surface area (Å²) in [6.07, 6.45) is -0.314. The molecule has 0 amide bonds. The molecule has 1 unspecified atom stereocenters. The lowest BCUT2D eigenvalue weighted by molar-refractivity contribution is 0.0720. The third kappa shape index (κ3) is 1.32. The highest BCUT2D eigenvalue weighted by molar-refractivity contribution is 6.28. The Kier molecular flexibility index (Phi) is 2.31. The summed E-state index contributed by atoms with van der Waals surface area (Å²) in [5, 5.41) is 19.4. The first kappa shape index (κ1) is 12.7. The Balaban J connectivity index is 2.30. The minimum atomic E-state index is -0.576. The van der Waals surface area contributed by atoms with Crippen molar-refractivity contribution < 1.29 is 24.5 Å². The van der Waals surface area contributed by atoms with Crippen molar-refractivity contribution in [3.05, 3.63) is 34.6 Å². The van der Waals surface area contributed by atoms with Crippen LogP contribution in [0.15, 0.2) is 23.5 Å². The minimum absolute atomic E-state index is 0.0131. The van der Waals surface area contributed by atoms with Gasteiger partial charge in [0.2, 0.25) is 5.78 Å². The summed E-state index contributed by atoms with van der Waals surface area (Å²) in [6, 6.07) is 2.56. The topological polar surface area (TPSA) is 83.8 Å². The van der Waals surface area contributed by atoms with Crippen molar-refractivity contribution in [1.29, 1.82) is 0 Å². The molecule has 0 radical (unpaired) electrons. The third-order valence-electron chi connectivity index (χ3n) is 4.24. The number of hydrogen-bond acceptors (Lipinski definition) is 5. The van der Waals surface area contributed by atoms with Crippen LogP contribution in [0.25, 0.3) is 0 Å². The molecule has 0 saturated heterocycles. The van der Waals surface area contributed by atoms with Gasteiger partial charge in [-0.15, -0.1) is 0 Å². The van der Waals surface area contributed by atoms with Crippen molar-refractivity contribution in [3.8, 4) is 11.5 Å². The van der Waals surface area contributed by atoms with Crippen molar-refractivity contribution in [2.75, 3.05) is 0 Å². The fourth-order valence-corrected chi connectivity index (χ4v) is 2.69. The number of aromatic hydroxyl groups is 2. The van der Waals surface area contributed by atoms with E-state index in [1.54, 1.807) is 6.92 Å². The van der Waals surface area contributed by atoms with Crippen LogP contribution in [-0.2, 0) is 4.74 Å². The Morgan fingerprint density at radius 2 is 1.80 bits per heavy atom. The second-order valence-corrected chi connectivity index (χ2v) is 5.70. The van der Waals surface area contributed by atoms with Gasteiger partial charge in [0, 0.05) is 11.0 Å². The first-order valence-corrected chi connectivity index (χ1v) is 6.32. The molecular formula is C15H14O5. The summed E-state index contributed by atoms with van der Waals surface area (Å²) in [5.74, 6) is -1.91. The Labute approximate surface area is 115 Å². The van der Waals surface area contributed by atoms with Crippen molar-refractivity contribution >= 4 is 11.6 Å². The van der Waals surface area contributed by atoms with Crippen LogP contribution in [-0.4, -0.2) is 27.9 Å². The van der Waals surface area contributed by atoms with Gasteiger partial charge in [0.15, 0.2) is 23.0 Å². The summed E-state index contributed by atoms with van der Waals surface area (Å²) in [7, 11) is 0. The number of phenolic OH excluding ortho intramolecular Hbond substituents is 2. The molecule has 1 aromatic rings. The van der Waals surface area contributed by atoms with Crippen LogP contribution < -0.4 is 0 Å². The number of carbonyl (C=O) groups excluding carboxylic acids is 2. The van der Waals surface area contributed by atoms with E-state index in [4.69, 9.17) is 4.74 Å². The predicted octanol–water partition coefficient (Wildman–Crippen LogP) is 2.18. The van der Waals surface area contributed by atoms with Gasteiger partial charge in [-0.1, -0.05) is 13.8 Å². The molecule has 2 N–H and O–H groups in total. The number of carbonyl (C=O) groups is 2. The highest BCUT2D eigenvalue weighted by atomic mass is 16.5. The van der Waals surface area contributed by atoms with Crippen LogP contribution in [0.3, 0.4) is 0 Å². The van der Waals surface area contributed by atoms with Crippen LogP contribution in [0.5, 0.6) is 11.5 Å². The molecule has 2 aliphatic rings. The summed E-state index contributed by atoms with van der Waals surface area (Å²) in [6.45, 7) is 5.48. The van der Waals surface area contributed by atoms with Gasteiger partial charge >= 0.3 is 0 Å². The molecule has 0 fully saturated rings. The summed E-state index contributed by atoms with van der Waals surface area (Å²) in [4.78, 5) is 25.0. The van der Waals surface area contributed by atoms with Gasteiger partial charge in [-0.2, -0.15) is 0 Å². The molecule has 0 spiro atoms. The monoisotopic (exact) mass is 274 g/mol. The van der Waals surface area contributed by atoms with E-state index in [2.05, 4.69) is 0 Å². The van der Waals surface area contributed by atoms with E-state index in [0.29, 0.717) is 5.57 Å².